The number of hydrogen-bond donors (Lipinski definition) is 0. The molecule has 3 atom stereocenters. The Morgan fingerprint density at radius 3 is 3.00 bits per heavy atom. The first-order valence-electron chi connectivity index (χ1n) is 4.59. The third-order valence-electron chi connectivity index (χ3n) is 2.38. The Morgan fingerprint density at radius 1 is 1.57 bits per heavy atom. The zero-order valence-electron chi connectivity index (χ0n) is 8.10. The summed E-state index contributed by atoms with van der Waals surface area (Å²) in [6, 6.07) is 0. The molecule has 0 aromatic heterocycles. The highest BCUT2D eigenvalue weighted by Gasteiger charge is 2.32. The molecule has 1 aliphatic rings. The summed E-state index contributed by atoms with van der Waals surface area (Å²) in [6.45, 7) is 0.0725. The number of halogens is 1. The van der Waals surface area contributed by atoms with E-state index in [1.807, 2.05) is 0 Å². The van der Waals surface area contributed by atoms with Crippen LogP contribution in [0.3, 0.4) is 0 Å². The highest BCUT2D eigenvalue weighted by molar-refractivity contribution is 9.09. The summed E-state index contributed by atoms with van der Waals surface area (Å²) in [7, 11) is 1.68. The normalized spacial score (nSPS) is 32.3. The number of nitrogens with zero attached hydrogens (tertiary/aromatic N) is 3. The van der Waals surface area contributed by atoms with Crippen LogP contribution in [-0.2, 0) is 9.47 Å². The van der Waals surface area contributed by atoms with Crippen molar-refractivity contribution in [3.05, 3.63) is 10.4 Å². The summed E-state index contributed by atoms with van der Waals surface area (Å²) in [5.41, 5.74) is 8.12. The van der Waals surface area contributed by atoms with E-state index < -0.39 is 0 Å². The Balaban J connectivity index is 2.46. The molecule has 6 heteroatoms. The van der Waals surface area contributed by atoms with Crippen molar-refractivity contribution in [2.24, 2.45) is 5.11 Å². The van der Waals surface area contributed by atoms with Crippen LogP contribution in [0.2, 0.25) is 0 Å². The predicted molar refractivity (Wildman–Crippen MR) is 56.2 cm³/mol. The van der Waals surface area contributed by atoms with Gasteiger partial charge in [0.15, 0.2) is 0 Å². The Labute approximate surface area is 91.5 Å². The van der Waals surface area contributed by atoms with Crippen molar-refractivity contribution in [3.63, 3.8) is 0 Å². The Morgan fingerprint density at radius 2 is 2.36 bits per heavy atom. The smallest absolute Gasteiger partial charge is 0.126 e. The van der Waals surface area contributed by atoms with Crippen molar-refractivity contribution >= 4 is 15.9 Å². The second kappa shape index (κ2) is 6.24. The van der Waals surface area contributed by atoms with E-state index in [4.69, 9.17) is 15.0 Å². The molecule has 1 aliphatic carbocycles. The largest absolute Gasteiger partial charge is 0.379 e. The van der Waals surface area contributed by atoms with Crippen molar-refractivity contribution in [2.45, 2.75) is 36.3 Å². The molecular weight excluding hydrogens is 250 g/mol. The molecule has 0 radical (unpaired) electrons. The number of rotatable bonds is 4. The van der Waals surface area contributed by atoms with Gasteiger partial charge in [-0.2, -0.15) is 0 Å². The number of methoxy groups -OCH3 is 1. The van der Waals surface area contributed by atoms with E-state index in [0.29, 0.717) is 0 Å². The first kappa shape index (κ1) is 11.8. The van der Waals surface area contributed by atoms with E-state index >= 15 is 0 Å². The number of ether oxygens (including phenoxy) is 2. The second-order valence-corrected chi connectivity index (χ2v) is 4.39. The van der Waals surface area contributed by atoms with Crippen LogP contribution in [0.4, 0.5) is 0 Å². The molecule has 0 saturated heterocycles. The highest BCUT2D eigenvalue weighted by Crippen LogP contribution is 2.28. The molecule has 1 fully saturated rings. The molecule has 80 valence electrons. The Bertz CT molecular complexity index is 221. The maximum absolute atomic E-state index is 8.12. The first-order chi connectivity index (χ1) is 6.79. The molecule has 3 unspecified atom stereocenters. The molecule has 0 heterocycles. The second-order valence-electron chi connectivity index (χ2n) is 3.21. The fourth-order valence-corrected chi connectivity index (χ4v) is 2.50. The third kappa shape index (κ3) is 3.13. The molecule has 14 heavy (non-hydrogen) atoms. The topological polar surface area (TPSA) is 67.2 Å². The minimum absolute atomic E-state index is 0.0146. The molecule has 0 aromatic rings. The number of hydrogen-bond acceptors (Lipinski definition) is 3. The Hall–Kier alpha value is -0.290. The van der Waals surface area contributed by atoms with Crippen LogP contribution in [0.15, 0.2) is 5.11 Å². The number of alkyl halides is 1. The van der Waals surface area contributed by atoms with Crippen molar-refractivity contribution in [1.82, 2.24) is 0 Å². The van der Waals surface area contributed by atoms with Gasteiger partial charge in [-0.3, -0.25) is 0 Å². The van der Waals surface area contributed by atoms with Gasteiger partial charge < -0.3 is 9.47 Å². The fourth-order valence-electron chi connectivity index (χ4n) is 1.68. The van der Waals surface area contributed by atoms with Crippen LogP contribution in [0.25, 0.3) is 10.4 Å². The van der Waals surface area contributed by atoms with Crippen molar-refractivity contribution < 1.29 is 9.47 Å². The molecule has 0 amide bonds. The van der Waals surface area contributed by atoms with Crippen LogP contribution in [-0.4, -0.2) is 30.9 Å². The molecule has 1 rings (SSSR count). The van der Waals surface area contributed by atoms with E-state index in [1.165, 1.54) is 0 Å². The van der Waals surface area contributed by atoms with Gasteiger partial charge >= 0.3 is 0 Å². The lowest BCUT2D eigenvalue weighted by molar-refractivity contribution is -0.0701. The zero-order valence-corrected chi connectivity index (χ0v) is 9.68. The van der Waals surface area contributed by atoms with E-state index in [9.17, 15) is 0 Å². The van der Waals surface area contributed by atoms with Gasteiger partial charge in [0.2, 0.25) is 0 Å². The molecule has 1 saturated carbocycles. The van der Waals surface area contributed by atoms with Gasteiger partial charge in [-0.05, 0) is 24.8 Å². The SMILES string of the molecule is COC1CCCC(Br)C1OCN=[N+]=[N-]. The van der Waals surface area contributed by atoms with E-state index in [0.717, 1.165) is 19.3 Å². The van der Waals surface area contributed by atoms with Gasteiger partial charge in [0.25, 0.3) is 0 Å². The maximum atomic E-state index is 8.12. The summed E-state index contributed by atoms with van der Waals surface area (Å²) in [5, 5.41) is 3.35. The van der Waals surface area contributed by atoms with E-state index in [-0.39, 0.29) is 23.8 Å². The first-order valence-corrected chi connectivity index (χ1v) is 5.50. The minimum atomic E-state index is -0.0146. The number of azide groups is 1. The maximum Gasteiger partial charge on any atom is 0.126 e. The van der Waals surface area contributed by atoms with Crippen molar-refractivity contribution in [2.75, 3.05) is 13.8 Å². The monoisotopic (exact) mass is 263 g/mol. The lowest BCUT2D eigenvalue weighted by atomic mass is 9.94. The summed E-state index contributed by atoms with van der Waals surface area (Å²) in [6.07, 6.45) is 3.29. The molecule has 0 aliphatic heterocycles. The van der Waals surface area contributed by atoms with Crippen LogP contribution >= 0.6 is 15.9 Å². The molecule has 0 N–H and O–H groups in total. The van der Waals surface area contributed by atoms with Gasteiger partial charge in [0, 0.05) is 16.8 Å². The van der Waals surface area contributed by atoms with E-state index in [1.54, 1.807) is 7.11 Å². The van der Waals surface area contributed by atoms with Gasteiger partial charge in [0.05, 0.1) is 12.2 Å². The van der Waals surface area contributed by atoms with Crippen molar-refractivity contribution in [3.8, 4) is 0 Å². The van der Waals surface area contributed by atoms with Crippen LogP contribution in [0.1, 0.15) is 19.3 Å². The lowest BCUT2D eigenvalue weighted by Crippen LogP contribution is -2.41. The van der Waals surface area contributed by atoms with Crippen LogP contribution in [0.5, 0.6) is 0 Å². The molecule has 5 nitrogen and oxygen atoms in total. The third-order valence-corrected chi connectivity index (χ3v) is 3.36. The zero-order chi connectivity index (χ0) is 10.4. The molecule has 0 bridgehead atoms. The fraction of sp³-hybridized carbons (Fsp3) is 1.00. The van der Waals surface area contributed by atoms with Gasteiger partial charge in [-0.25, -0.2) is 0 Å². The molecular formula is C8H14BrN3O2. The lowest BCUT2D eigenvalue weighted by Gasteiger charge is -2.33. The summed E-state index contributed by atoms with van der Waals surface area (Å²) >= 11 is 3.55. The average Bonchev–Trinajstić information content (AvgIpc) is 2.20. The standard InChI is InChI=1S/C8H14BrN3O2/c1-13-7-4-2-3-6(9)8(7)14-5-11-12-10/h6-8H,2-5H2,1H3. The average molecular weight is 264 g/mol. The van der Waals surface area contributed by atoms with Gasteiger partial charge in [-0.1, -0.05) is 21.0 Å². The minimum Gasteiger partial charge on any atom is -0.379 e. The predicted octanol–water partition coefficient (Wildman–Crippen LogP) is 2.60. The van der Waals surface area contributed by atoms with Gasteiger partial charge in [-0.15, -0.1) is 0 Å². The van der Waals surface area contributed by atoms with E-state index in [2.05, 4.69) is 26.0 Å². The highest BCUT2D eigenvalue weighted by atomic mass is 79.9. The quantitative estimate of drug-likeness (QED) is 0.339. The molecule has 0 aromatic carbocycles. The molecule has 0 spiro atoms. The van der Waals surface area contributed by atoms with Crippen LogP contribution in [0, 0.1) is 0 Å². The van der Waals surface area contributed by atoms with Crippen molar-refractivity contribution in [1.29, 1.82) is 0 Å². The Kier molecular flexibility index (Phi) is 5.25. The summed E-state index contributed by atoms with van der Waals surface area (Å²) in [5.74, 6) is 0. The summed E-state index contributed by atoms with van der Waals surface area (Å²) in [4.78, 5) is 2.93. The summed E-state index contributed by atoms with van der Waals surface area (Å²) < 4.78 is 10.8. The van der Waals surface area contributed by atoms with Gasteiger partial charge in [0.1, 0.15) is 6.73 Å². The van der Waals surface area contributed by atoms with Crippen LogP contribution < -0.4 is 0 Å².